The number of phenolic OH excluding ortho intramolecular Hbond substituents is 1. The van der Waals surface area contributed by atoms with Gasteiger partial charge in [-0.05, 0) is 24.3 Å². The van der Waals surface area contributed by atoms with Crippen LogP contribution in [0, 0.1) is 0 Å². The Morgan fingerprint density at radius 3 is 2.30 bits per heavy atom. The average Bonchev–Trinajstić information content (AvgIpc) is 2.81. The van der Waals surface area contributed by atoms with Gasteiger partial charge in [0, 0.05) is 17.7 Å². The minimum Gasteiger partial charge on any atom is -0.507 e. The molecule has 1 aliphatic heterocycles. The third kappa shape index (κ3) is 4.08. The summed E-state index contributed by atoms with van der Waals surface area (Å²) in [7, 11) is 1.49. The van der Waals surface area contributed by atoms with Gasteiger partial charge in [-0.15, -0.1) is 0 Å². The normalized spacial score (nSPS) is 25.2. The van der Waals surface area contributed by atoms with Crippen molar-refractivity contribution in [1.29, 1.82) is 0 Å². The van der Waals surface area contributed by atoms with Gasteiger partial charge in [0.1, 0.15) is 52.6 Å². The maximum Gasteiger partial charge on any atom is 0.238 e. The second kappa shape index (κ2) is 8.89. The van der Waals surface area contributed by atoms with Crippen LogP contribution in [0.2, 0.25) is 0 Å². The lowest BCUT2D eigenvalue weighted by Gasteiger charge is -2.39. The van der Waals surface area contributed by atoms with E-state index < -0.39 is 54.2 Å². The van der Waals surface area contributed by atoms with E-state index in [9.17, 15) is 35.4 Å². The molecule has 11 nitrogen and oxygen atoms in total. The third-order valence-corrected chi connectivity index (χ3v) is 5.38. The van der Waals surface area contributed by atoms with E-state index in [1.54, 1.807) is 24.3 Å². The third-order valence-electron chi connectivity index (χ3n) is 5.38. The molecular weight excluding hydrogens is 440 g/mol. The zero-order chi connectivity index (χ0) is 23.9. The van der Waals surface area contributed by atoms with E-state index in [4.69, 9.17) is 18.6 Å². The van der Waals surface area contributed by atoms with Crippen LogP contribution >= 0.6 is 0 Å². The summed E-state index contributed by atoms with van der Waals surface area (Å²) in [6, 6.07) is 8.61. The quantitative estimate of drug-likeness (QED) is 0.302. The van der Waals surface area contributed by atoms with Gasteiger partial charge >= 0.3 is 0 Å². The lowest BCUT2D eigenvalue weighted by atomic mass is 9.99. The van der Waals surface area contributed by atoms with Crippen LogP contribution in [0.1, 0.15) is 0 Å². The fourth-order valence-electron chi connectivity index (χ4n) is 3.57. The van der Waals surface area contributed by atoms with Crippen molar-refractivity contribution in [3.63, 3.8) is 0 Å². The Morgan fingerprint density at radius 2 is 1.67 bits per heavy atom. The highest BCUT2D eigenvalue weighted by Gasteiger charge is 2.44. The van der Waals surface area contributed by atoms with Gasteiger partial charge in [-0.2, -0.15) is 0 Å². The van der Waals surface area contributed by atoms with Crippen molar-refractivity contribution in [1.82, 2.24) is 0 Å². The highest BCUT2D eigenvalue weighted by Crippen LogP contribution is 2.36. The molecule has 5 atom stereocenters. The molecule has 1 aromatic heterocycles. The van der Waals surface area contributed by atoms with Gasteiger partial charge in [0.25, 0.3) is 0 Å². The lowest BCUT2D eigenvalue weighted by molar-refractivity contribution is -0.277. The molecule has 33 heavy (non-hydrogen) atoms. The number of hydrogen-bond acceptors (Lipinski definition) is 11. The summed E-state index contributed by atoms with van der Waals surface area (Å²) in [4.78, 5) is 12.7. The van der Waals surface area contributed by atoms with Crippen molar-refractivity contribution in [3.8, 4) is 34.3 Å². The standard InChI is InChI=1S/C22H22O11/c1-30-10-4-2-9(3-5-10)21-19(28)17(26)15-12(24)6-11(7-13(15)32-21)31-22-20(29)18(27)16(25)14(8-23)33-22/h2-7,14,16,18,20,22-25,27-29H,8H2,1H3/t14-,16-,18+,20-,22?/m1/s1. The fraction of sp³-hybridized carbons (Fsp3) is 0.318. The maximum absolute atomic E-state index is 12.7. The second-order valence-corrected chi connectivity index (χ2v) is 7.47. The molecule has 3 aromatic rings. The average molecular weight is 462 g/mol. The first-order valence-electron chi connectivity index (χ1n) is 9.89. The van der Waals surface area contributed by atoms with E-state index in [-0.39, 0.29) is 22.5 Å². The van der Waals surface area contributed by atoms with Crippen LogP contribution in [0.3, 0.4) is 0 Å². The predicted octanol–water partition coefficient (Wildman–Crippen LogP) is 0.0585. The first-order valence-corrected chi connectivity index (χ1v) is 9.89. The van der Waals surface area contributed by atoms with Gasteiger partial charge in [0.2, 0.25) is 17.5 Å². The molecule has 11 heteroatoms. The Balaban J connectivity index is 1.74. The van der Waals surface area contributed by atoms with Crippen molar-refractivity contribution in [2.75, 3.05) is 13.7 Å². The largest absolute Gasteiger partial charge is 0.507 e. The number of aliphatic hydroxyl groups is 4. The summed E-state index contributed by atoms with van der Waals surface area (Å²) >= 11 is 0. The molecule has 0 radical (unpaired) electrons. The zero-order valence-corrected chi connectivity index (χ0v) is 17.3. The van der Waals surface area contributed by atoms with Crippen LogP contribution in [0.15, 0.2) is 45.6 Å². The van der Waals surface area contributed by atoms with E-state index >= 15 is 0 Å². The van der Waals surface area contributed by atoms with Crippen LogP contribution in [-0.2, 0) is 4.74 Å². The number of aliphatic hydroxyl groups excluding tert-OH is 4. The minimum absolute atomic E-state index is 0.112. The summed E-state index contributed by atoms with van der Waals surface area (Å²) in [5.74, 6) is -0.990. The van der Waals surface area contributed by atoms with Crippen molar-refractivity contribution in [2.24, 2.45) is 0 Å². The summed E-state index contributed by atoms with van der Waals surface area (Å²) in [6.45, 7) is -0.646. The van der Waals surface area contributed by atoms with Gasteiger partial charge in [-0.3, -0.25) is 4.79 Å². The molecule has 2 heterocycles. The summed E-state index contributed by atoms with van der Waals surface area (Å²) in [5, 5.41) is 59.7. The van der Waals surface area contributed by atoms with Crippen molar-refractivity contribution in [3.05, 3.63) is 46.6 Å². The number of phenols is 1. The Hall–Kier alpha value is -3.35. The highest BCUT2D eigenvalue weighted by atomic mass is 16.7. The Kier molecular flexibility index (Phi) is 6.15. The summed E-state index contributed by atoms with van der Waals surface area (Å²) in [6.07, 6.45) is -7.61. The Morgan fingerprint density at radius 1 is 0.970 bits per heavy atom. The van der Waals surface area contributed by atoms with Gasteiger partial charge in [-0.25, -0.2) is 0 Å². The lowest BCUT2D eigenvalue weighted by Crippen LogP contribution is -2.60. The molecule has 0 spiro atoms. The molecule has 1 aliphatic rings. The molecule has 2 aromatic carbocycles. The predicted molar refractivity (Wildman–Crippen MR) is 112 cm³/mol. The molecule has 0 aliphatic carbocycles. The summed E-state index contributed by atoms with van der Waals surface area (Å²) < 4.78 is 21.6. The van der Waals surface area contributed by atoms with E-state index in [1.807, 2.05) is 0 Å². The first kappa shape index (κ1) is 22.8. The SMILES string of the molecule is COc1ccc(-c2oc3cc(OC4O[C@H](CO)[C@@H](O)[C@H](O)[C@H]4O)cc(O)c3c(=O)c2O)cc1. The minimum atomic E-state index is -1.68. The van der Waals surface area contributed by atoms with Crippen LogP contribution < -0.4 is 14.9 Å². The zero-order valence-electron chi connectivity index (χ0n) is 17.3. The molecule has 1 fully saturated rings. The fourth-order valence-corrected chi connectivity index (χ4v) is 3.57. The molecule has 0 saturated carbocycles. The second-order valence-electron chi connectivity index (χ2n) is 7.47. The van der Waals surface area contributed by atoms with Crippen LogP contribution in [-0.4, -0.2) is 75.1 Å². The number of hydrogen-bond donors (Lipinski definition) is 6. The molecular formula is C22H22O11. The van der Waals surface area contributed by atoms with Gasteiger partial charge in [-0.1, -0.05) is 0 Å². The molecule has 1 saturated heterocycles. The van der Waals surface area contributed by atoms with Gasteiger partial charge in [0.15, 0.2) is 5.76 Å². The van der Waals surface area contributed by atoms with Crippen LogP contribution in [0.4, 0.5) is 0 Å². The molecule has 0 bridgehead atoms. The molecule has 4 rings (SSSR count). The first-order chi connectivity index (χ1) is 15.7. The van der Waals surface area contributed by atoms with E-state index in [0.29, 0.717) is 11.3 Å². The van der Waals surface area contributed by atoms with Crippen molar-refractivity contribution in [2.45, 2.75) is 30.7 Å². The van der Waals surface area contributed by atoms with E-state index in [1.165, 1.54) is 13.2 Å². The van der Waals surface area contributed by atoms with Crippen molar-refractivity contribution < 1.29 is 49.3 Å². The maximum atomic E-state index is 12.7. The number of benzene rings is 2. The summed E-state index contributed by atoms with van der Waals surface area (Å²) in [5.41, 5.74) is -0.644. The topological polar surface area (TPSA) is 179 Å². The molecule has 6 N–H and O–H groups in total. The molecule has 1 unspecified atom stereocenters. The number of aromatic hydroxyl groups is 2. The number of methoxy groups -OCH3 is 1. The Bertz CT molecular complexity index is 1200. The smallest absolute Gasteiger partial charge is 0.238 e. The number of ether oxygens (including phenoxy) is 3. The molecule has 0 amide bonds. The molecule has 176 valence electrons. The van der Waals surface area contributed by atoms with Crippen LogP contribution in [0.5, 0.6) is 23.0 Å². The monoisotopic (exact) mass is 462 g/mol. The highest BCUT2D eigenvalue weighted by molar-refractivity contribution is 5.88. The van der Waals surface area contributed by atoms with Crippen LogP contribution in [0.25, 0.3) is 22.3 Å². The van der Waals surface area contributed by atoms with E-state index in [0.717, 1.165) is 6.07 Å². The Labute approximate surface area is 186 Å². The van der Waals surface area contributed by atoms with Gasteiger partial charge < -0.3 is 49.3 Å². The van der Waals surface area contributed by atoms with Gasteiger partial charge in [0.05, 0.1) is 13.7 Å². The number of fused-ring (bicyclic) bond motifs is 1. The van der Waals surface area contributed by atoms with E-state index in [2.05, 4.69) is 0 Å². The van der Waals surface area contributed by atoms with Crippen molar-refractivity contribution >= 4 is 11.0 Å². The number of rotatable bonds is 5.